The summed E-state index contributed by atoms with van der Waals surface area (Å²) in [4.78, 5) is 1.03. The van der Waals surface area contributed by atoms with E-state index in [4.69, 9.17) is 5.11 Å². The lowest BCUT2D eigenvalue weighted by Crippen LogP contribution is -2.56. The molecule has 1 N–H and O–H groups in total. The summed E-state index contributed by atoms with van der Waals surface area (Å²) in [5.41, 5.74) is -0.209. The summed E-state index contributed by atoms with van der Waals surface area (Å²) in [5.74, 6) is -3.14. The lowest BCUT2D eigenvalue weighted by molar-refractivity contribution is -0.334. The first-order chi connectivity index (χ1) is 8.46. The first kappa shape index (κ1) is 13.4. The van der Waals surface area contributed by atoms with E-state index in [-0.39, 0.29) is 18.7 Å². The van der Waals surface area contributed by atoms with Gasteiger partial charge < -0.3 is 5.11 Å². The van der Waals surface area contributed by atoms with Crippen LogP contribution >= 0.6 is 0 Å². The third-order valence-corrected chi connectivity index (χ3v) is 3.35. The van der Waals surface area contributed by atoms with E-state index in [1.165, 1.54) is 24.3 Å². The van der Waals surface area contributed by atoms with Crippen LogP contribution in [0, 0.1) is 0 Å². The fraction of sp³-hybridized carbons (Fsp3) is 0.538. The fourth-order valence-corrected chi connectivity index (χ4v) is 2.41. The van der Waals surface area contributed by atoms with Gasteiger partial charge in [0, 0.05) is 18.7 Å². The third-order valence-electron chi connectivity index (χ3n) is 3.35. The van der Waals surface area contributed by atoms with E-state index in [1.54, 1.807) is 6.07 Å². The highest BCUT2D eigenvalue weighted by Gasteiger charge is 2.59. The molecule has 0 spiro atoms. The van der Waals surface area contributed by atoms with Crippen molar-refractivity contribution in [1.29, 1.82) is 0 Å². The van der Waals surface area contributed by atoms with Crippen molar-refractivity contribution in [3.63, 3.8) is 0 Å². The van der Waals surface area contributed by atoms with E-state index in [9.17, 15) is 13.2 Å². The molecule has 0 aromatic heterocycles. The second-order valence-electron chi connectivity index (χ2n) is 4.58. The average molecular weight is 259 g/mol. The Balaban J connectivity index is 2.40. The number of piperidine rings is 1. The van der Waals surface area contributed by atoms with Crippen LogP contribution in [-0.4, -0.2) is 29.2 Å². The molecule has 0 saturated carbocycles. The standard InChI is InChI=1S/C13H16F3NO/c14-12(13(15,16)18,11-7-3-1-4-8-11)17-9-5-2-6-10-17/h1,3-4,7-8,18H,2,5-6,9-10H2. The molecule has 2 rings (SSSR count). The molecule has 0 aliphatic carbocycles. The topological polar surface area (TPSA) is 23.5 Å². The summed E-state index contributed by atoms with van der Waals surface area (Å²) in [7, 11) is 0. The smallest absolute Gasteiger partial charge is 0.332 e. The van der Waals surface area contributed by atoms with Gasteiger partial charge in [-0.1, -0.05) is 36.8 Å². The lowest BCUT2D eigenvalue weighted by Gasteiger charge is -2.41. The van der Waals surface area contributed by atoms with Gasteiger partial charge >= 0.3 is 6.11 Å². The zero-order valence-corrected chi connectivity index (χ0v) is 9.95. The van der Waals surface area contributed by atoms with E-state index in [0.717, 1.165) is 11.3 Å². The number of hydrogen-bond donors (Lipinski definition) is 1. The highest BCUT2D eigenvalue weighted by atomic mass is 19.3. The molecule has 1 fully saturated rings. The average Bonchev–Trinajstić information content (AvgIpc) is 2.38. The van der Waals surface area contributed by atoms with E-state index in [0.29, 0.717) is 12.8 Å². The molecule has 1 aromatic rings. The van der Waals surface area contributed by atoms with Gasteiger partial charge in [0.1, 0.15) is 0 Å². The number of nitrogens with zero attached hydrogens (tertiary/aromatic N) is 1. The first-order valence-electron chi connectivity index (χ1n) is 6.06. The second-order valence-corrected chi connectivity index (χ2v) is 4.58. The molecule has 0 bridgehead atoms. The molecule has 100 valence electrons. The quantitative estimate of drug-likeness (QED) is 0.844. The first-order valence-corrected chi connectivity index (χ1v) is 6.06. The summed E-state index contributed by atoms with van der Waals surface area (Å²) in [6, 6.07) is 7.14. The van der Waals surface area contributed by atoms with Gasteiger partial charge in [0.15, 0.2) is 0 Å². The van der Waals surface area contributed by atoms with Gasteiger partial charge in [0.2, 0.25) is 0 Å². The Morgan fingerprint density at radius 3 is 2.00 bits per heavy atom. The lowest BCUT2D eigenvalue weighted by atomic mass is 9.98. The van der Waals surface area contributed by atoms with E-state index >= 15 is 0 Å². The maximum atomic E-state index is 14.8. The van der Waals surface area contributed by atoms with E-state index in [1.807, 2.05) is 0 Å². The SMILES string of the molecule is OC(F)(F)C(F)(c1ccccc1)N1CCCCC1. The zero-order chi connectivity index (χ0) is 13.2. The molecule has 1 unspecified atom stereocenters. The van der Waals surface area contributed by atoms with Gasteiger partial charge in [-0.2, -0.15) is 8.78 Å². The molecule has 1 saturated heterocycles. The van der Waals surface area contributed by atoms with Gasteiger partial charge in [-0.05, 0) is 12.8 Å². The minimum absolute atomic E-state index is 0.209. The molecule has 1 atom stereocenters. The third kappa shape index (κ3) is 2.24. The number of rotatable bonds is 3. The van der Waals surface area contributed by atoms with Crippen LogP contribution in [0.25, 0.3) is 0 Å². The number of benzene rings is 1. The molecular weight excluding hydrogens is 243 g/mol. The maximum Gasteiger partial charge on any atom is 0.405 e. The van der Waals surface area contributed by atoms with Crippen molar-refractivity contribution >= 4 is 0 Å². The van der Waals surface area contributed by atoms with E-state index in [2.05, 4.69) is 0 Å². The summed E-state index contributed by atoms with van der Waals surface area (Å²) < 4.78 is 41.6. The molecule has 5 heteroatoms. The monoisotopic (exact) mass is 259 g/mol. The predicted octanol–water partition coefficient (Wildman–Crippen LogP) is 2.88. The maximum absolute atomic E-state index is 14.8. The van der Waals surface area contributed by atoms with Gasteiger partial charge in [-0.15, -0.1) is 0 Å². The van der Waals surface area contributed by atoms with Gasteiger partial charge in [0.25, 0.3) is 5.79 Å². The van der Waals surface area contributed by atoms with Crippen LogP contribution < -0.4 is 0 Å². The highest BCUT2D eigenvalue weighted by molar-refractivity contribution is 5.24. The Morgan fingerprint density at radius 1 is 0.944 bits per heavy atom. The largest absolute Gasteiger partial charge is 0.405 e. The van der Waals surface area contributed by atoms with Crippen molar-refractivity contribution in [2.75, 3.05) is 13.1 Å². The van der Waals surface area contributed by atoms with Crippen molar-refractivity contribution in [2.24, 2.45) is 0 Å². The van der Waals surface area contributed by atoms with Crippen molar-refractivity contribution in [3.05, 3.63) is 35.9 Å². The minimum atomic E-state index is -4.42. The van der Waals surface area contributed by atoms with Crippen LogP contribution in [0.1, 0.15) is 24.8 Å². The van der Waals surface area contributed by atoms with Crippen LogP contribution in [0.2, 0.25) is 0 Å². The molecule has 0 radical (unpaired) electrons. The molecule has 1 aliphatic heterocycles. The fourth-order valence-electron chi connectivity index (χ4n) is 2.41. The summed E-state index contributed by atoms with van der Waals surface area (Å²) in [5, 5.41) is 8.99. The number of hydrogen-bond acceptors (Lipinski definition) is 2. The Labute approximate surface area is 104 Å². The Morgan fingerprint density at radius 2 is 1.50 bits per heavy atom. The van der Waals surface area contributed by atoms with Gasteiger partial charge in [-0.25, -0.2) is 4.39 Å². The molecule has 1 heterocycles. The van der Waals surface area contributed by atoms with Gasteiger partial charge in [-0.3, -0.25) is 4.90 Å². The van der Waals surface area contributed by atoms with Crippen LogP contribution in [0.5, 0.6) is 0 Å². The predicted molar refractivity (Wildman–Crippen MR) is 61.8 cm³/mol. The normalized spacial score (nSPS) is 21.6. The van der Waals surface area contributed by atoms with Crippen LogP contribution in [0.3, 0.4) is 0 Å². The molecule has 18 heavy (non-hydrogen) atoms. The number of likely N-dealkylation sites (tertiary alicyclic amines) is 1. The van der Waals surface area contributed by atoms with Crippen LogP contribution in [0.4, 0.5) is 13.2 Å². The molecular formula is C13H16F3NO. The summed E-state index contributed by atoms with van der Waals surface area (Å²) in [6.07, 6.45) is -2.20. The van der Waals surface area contributed by atoms with Gasteiger partial charge in [0.05, 0.1) is 0 Å². The van der Waals surface area contributed by atoms with Crippen molar-refractivity contribution in [3.8, 4) is 0 Å². The van der Waals surface area contributed by atoms with Crippen LogP contribution in [-0.2, 0) is 5.79 Å². The number of alkyl halides is 3. The van der Waals surface area contributed by atoms with Crippen molar-refractivity contribution < 1.29 is 18.3 Å². The van der Waals surface area contributed by atoms with Crippen molar-refractivity contribution in [2.45, 2.75) is 31.2 Å². The number of halogens is 3. The summed E-state index contributed by atoms with van der Waals surface area (Å²) in [6.45, 7) is 0.448. The Bertz CT molecular complexity index is 387. The zero-order valence-electron chi connectivity index (χ0n) is 9.95. The molecule has 1 aromatic carbocycles. The highest BCUT2D eigenvalue weighted by Crippen LogP contribution is 2.43. The summed E-state index contributed by atoms with van der Waals surface area (Å²) >= 11 is 0. The molecule has 2 nitrogen and oxygen atoms in total. The Kier molecular flexibility index (Phi) is 3.64. The van der Waals surface area contributed by atoms with E-state index < -0.39 is 11.9 Å². The second kappa shape index (κ2) is 4.90. The Hall–Kier alpha value is -1.07. The number of aliphatic hydroxyl groups is 1. The van der Waals surface area contributed by atoms with Crippen LogP contribution in [0.15, 0.2) is 30.3 Å². The van der Waals surface area contributed by atoms with Crippen molar-refractivity contribution in [1.82, 2.24) is 4.90 Å². The molecule has 0 amide bonds. The molecule has 1 aliphatic rings. The minimum Gasteiger partial charge on any atom is -0.332 e.